The molecule has 3 unspecified atom stereocenters. The van der Waals surface area contributed by atoms with E-state index in [4.69, 9.17) is 16.2 Å². The summed E-state index contributed by atoms with van der Waals surface area (Å²) in [5.74, 6) is -3.99. The SMILES string of the molecule is NC(=O)C(Cc1c[nH]cn1)C1(C(N)=O)C([C@H](CC2CCCCC2)[C@@H](O)[C@@H](O)C2CC2)CCCN1C(=O)OCCc1ccccc1. The summed E-state index contributed by atoms with van der Waals surface area (Å²) in [7, 11) is 0. The summed E-state index contributed by atoms with van der Waals surface area (Å²) >= 11 is 0. The molecule has 246 valence electrons. The molecule has 7 N–H and O–H groups in total. The minimum atomic E-state index is -1.91. The maximum atomic E-state index is 14.1. The predicted molar refractivity (Wildman–Crippen MR) is 167 cm³/mol. The van der Waals surface area contributed by atoms with E-state index in [0.29, 0.717) is 31.4 Å². The first-order valence-electron chi connectivity index (χ1n) is 16.6. The van der Waals surface area contributed by atoms with Gasteiger partial charge in [0.1, 0.15) is 5.54 Å². The summed E-state index contributed by atoms with van der Waals surface area (Å²) in [5, 5.41) is 23.2. The summed E-state index contributed by atoms with van der Waals surface area (Å²) in [4.78, 5) is 50.1. The maximum Gasteiger partial charge on any atom is 0.410 e. The molecule has 0 radical (unpaired) electrons. The van der Waals surface area contributed by atoms with Gasteiger partial charge >= 0.3 is 6.09 Å². The number of nitrogens with one attached hydrogen (secondary N) is 1. The van der Waals surface area contributed by atoms with E-state index in [1.54, 1.807) is 6.20 Å². The minimum Gasteiger partial charge on any atom is -0.449 e. The molecule has 3 amide bonds. The lowest BCUT2D eigenvalue weighted by Crippen LogP contribution is -2.73. The zero-order valence-electron chi connectivity index (χ0n) is 26.1. The van der Waals surface area contributed by atoms with Crippen molar-refractivity contribution in [1.82, 2.24) is 14.9 Å². The molecule has 2 aromatic rings. The van der Waals surface area contributed by atoms with E-state index in [1.807, 2.05) is 30.3 Å². The fourth-order valence-electron chi connectivity index (χ4n) is 8.17. The third-order valence-electron chi connectivity index (χ3n) is 10.6. The lowest BCUT2D eigenvalue weighted by Gasteiger charge is -2.55. The lowest BCUT2D eigenvalue weighted by atomic mass is 9.59. The molecule has 2 aliphatic carbocycles. The number of H-pyrrole nitrogens is 1. The van der Waals surface area contributed by atoms with Crippen LogP contribution >= 0.6 is 0 Å². The molecule has 11 heteroatoms. The number of benzene rings is 1. The molecule has 11 nitrogen and oxygen atoms in total. The number of amides is 3. The van der Waals surface area contributed by atoms with Crippen molar-refractivity contribution >= 4 is 17.9 Å². The van der Waals surface area contributed by atoms with Crippen LogP contribution in [0.5, 0.6) is 0 Å². The number of carbonyl (C=O) groups excluding carboxylic acids is 3. The molecule has 1 aromatic heterocycles. The number of rotatable bonds is 14. The molecule has 45 heavy (non-hydrogen) atoms. The molecule has 1 aromatic carbocycles. The Morgan fingerprint density at radius 2 is 1.76 bits per heavy atom. The Hall–Kier alpha value is -3.44. The van der Waals surface area contributed by atoms with Gasteiger partial charge in [-0.3, -0.25) is 14.5 Å². The third kappa shape index (κ3) is 7.35. The van der Waals surface area contributed by atoms with E-state index >= 15 is 0 Å². The zero-order chi connectivity index (χ0) is 32.0. The Labute approximate surface area is 265 Å². The topological polar surface area (TPSA) is 185 Å². The number of carbonyl (C=O) groups is 3. The van der Waals surface area contributed by atoms with E-state index in [-0.39, 0.29) is 31.4 Å². The number of nitrogens with two attached hydrogens (primary N) is 2. The highest BCUT2D eigenvalue weighted by atomic mass is 16.6. The van der Waals surface area contributed by atoms with Crippen molar-refractivity contribution < 1.29 is 29.3 Å². The Bertz CT molecular complexity index is 1270. The highest BCUT2D eigenvalue weighted by Crippen LogP contribution is 2.50. The average molecular weight is 624 g/mol. The summed E-state index contributed by atoms with van der Waals surface area (Å²) < 4.78 is 5.78. The smallest absolute Gasteiger partial charge is 0.410 e. The van der Waals surface area contributed by atoms with Crippen LogP contribution in [0, 0.1) is 29.6 Å². The van der Waals surface area contributed by atoms with Gasteiger partial charge in [-0.25, -0.2) is 9.78 Å². The number of hydrogen-bond donors (Lipinski definition) is 5. The molecule has 5 rings (SSSR count). The number of likely N-dealkylation sites (tertiary alicyclic amines) is 1. The normalized spacial score (nSPS) is 25.2. The fourth-order valence-corrected chi connectivity index (χ4v) is 8.17. The first-order valence-corrected chi connectivity index (χ1v) is 16.6. The van der Waals surface area contributed by atoms with Gasteiger partial charge in [-0.2, -0.15) is 0 Å². The number of piperidine rings is 1. The summed E-state index contributed by atoms with van der Waals surface area (Å²) in [6.07, 6.45) is 9.04. The highest BCUT2D eigenvalue weighted by molar-refractivity contribution is 5.96. The average Bonchev–Trinajstić information content (AvgIpc) is 3.77. The van der Waals surface area contributed by atoms with Gasteiger partial charge in [0, 0.05) is 25.6 Å². The Morgan fingerprint density at radius 1 is 1.02 bits per heavy atom. The molecule has 0 bridgehead atoms. The van der Waals surface area contributed by atoms with Crippen LogP contribution in [0.4, 0.5) is 4.79 Å². The van der Waals surface area contributed by atoms with Crippen molar-refractivity contribution in [2.45, 2.75) is 94.8 Å². The largest absolute Gasteiger partial charge is 0.449 e. The molecule has 3 aliphatic rings. The van der Waals surface area contributed by atoms with Crippen molar-refractivity contribution in [1.29, 1.82) is 0 Å². The van der Waals surface area contributed by atoms with Crippen molar-refractivity contribution in [2.24, 2.45) is 41.1 Å². The van der Waals surface area contributed by atoms with Gasteiger partial charge in [0.15, 0.2) is 0 Å². The van der Waals surface area contributed by atoms with Gasteiger partial charge < -0.3 is 31.4 Å². The molecule has 1 saturated heterocycles. The second kappa shape index (κ2) is 14.8. The maximum absolute atomic E-state index is 14.1. The zero-order valence-corrected chi connectivity index (χ0v) is 26.1. The van der Waals surface area contributed by atoms with Crippen molar-refractivity contribution in [3.63, 3.8) is 0 Å². The number of aliphatic hydroxyl groups is 2. The Kier molecular flexibility index (Phi) is 10.8. The van der Waals surface area contributed by atoms with Crippen molar-refractivity contribution in [3.05, 3.63) is 54.1 Å². The van der Waals surface area contributed by atoms with Crippen LogP contribution in [0.25, 0.3) is 0 Å². The van der Waals surface area contributed by atoms with Gasteiger partial charge in [-0.15, -0.1) is 0 Å². The molecule has 1 aliphatic heterocycles. The number of aromatic amines is 1. The van der Waals surface area contributed by atoms with Crippen LogP contribution in [0.3, 0.4) is 0 Å². The van der Waals surface area contributed by atoms with Crippen molar-refractivity contribution in [2.75, 3.05) is 13.2 Å². The number of nitrogens with zero attached hydrogens (tertiary/aromatic N) is 2. The van der Waals surface area contributed by atoms with E-state index in [9.17, 15) is 24.6 Å². The number of ether oxygens (including phenoxy) is 1. The second-order valence-electron chi connectivity index (χ2n) is 13.4. The van der Waals surface area contributed by atoms with Crippen LogP contribution < -0.4 is 11.5 Å². The van der Waals surface area contributed by atoms with E-state index < -0.39 is 53.4 Å². The van der Waals surface area contributed by atoms with Crippen molar-refractivity contribution in [3.8, 4) is 0 Å². The molecule has 0 spiro atoms. The Balaban J connectivity index is 1.55. The fraction of sp³-hybridized carbons (Fsp3) is 0.647. The molecule has 6 atom stereocenters. The van der Waals surface area contributed by atoms with Gasteiger partial charge in [-0.1, -0.05) is 62.4 Å². The minimum absolute atomic E-state index is 0.0181. The van der Waals surface area contributed by atoms with E-state index in [1.165, 1.54) is 11.2 Å². The molecular weight excluding hydrogens is 574 g/mol. The number of imidazole rings is 1. The molecule has 2 heterocycles. The van der Waals surface area contributed by atoms with E-state index in [2.05, 4.69) is 9.97 Å². The lowest BCUT2D eigenvalue weighted by molar-refractivity contribution is -0.159. The van der Waals surface area contributed by atoms with Gasteiger partial charge in [0.2, 0.25) is 11.8 Å². The van der Waals surface area contributed by atoms with Gasteiger partial charge in [0.05, 0.1) is 36.8 Å². The summed E-state index contributed by atoms with van der Waals surface area (Å²) in [6, 6.07) is 9.60. The summed E-state index contributed by atoms with van der Waals surface area (Å²) in [6.45, 7) is 0.194. The van der Waals surface area contributed by atoms with Crippen LogP contribution in [-0.2, 0) is 27.2 Å². The first kappa shape index (κ1) is 32.9. The Morgan fingerprint density at radius 3 is 2.38 bits per heavy atom. The number of hydrogen-bond acceptors (Lipinski definition) is 7. The quantitative estimate of drug-likeness (QED) is 0.214. The predicted octanol–water partition coefficient (Wildman–Crippen LogP) is 3.09. The third-order valence-corrected chi connectivity index (χ3v) is 10.6. The van der Waals surface area contributed by atoms with Gasteiger partial charge in [-0.05, 0) is 61.3 Å². The standard InChI is InChI=1S/C34H49N5O6/c35-31(42)28(19-25-20-37-21-38-25)34(32(36)43)27(12-7-16-39(34)33(44)45-17-15-22-8-3-1-4-9-22)26(18-23-10-5-2-6-11-23)30(41)29(40)24-13-14-24/h1,3-4,8-9,20-21,23-24,26-30,40-41H,2,5-7,10-19H2,(H2,35,42)(H2,36,43)(H,37,38)/t26-,27?,28?,29-,30+,34?/m0/s1. The van der Waals surface area contributed by atoms with Crippen LogP contribution in [-0.4, -0.2) is 73.9 Å². The van der Waals surface area contributed by atoms with Crippen LogP contribution in [0.15, 0.2) is 42.9 Å². The molecular formula is C34H49N5O6. The second-order valence-corrected chi connectivity index (χ2v) is 13.4. The first-order chi connectivity index (χ1) is 21.7. The number of aromatic nitrogens is 2. The highest BCUT2D eigenvalue weighted by Gasteiger charge is 2.63. The molecule has 2 saturated carbocycles. The van der Waals surface area contributed by atoms with Gasteiger partial charge in [0.25, 0.3) is 0 Å². The number of primary amides is 2. The number of aliphatic hydroxyl groups excluding tert-OH is 2. The van der Waals surface area contributed by atoms with Crippen LogP contribution in [0.1, 0.15) is 75.5 Å². The molecule has 3 fully saturated rings. The van der Waals surface area contributed by atoms with Crippen LogP contribution in [0.2, 0.25) is 0 Å². The van der Waals surface area contributed by atoms with E-state index in [0.717, 1.165) is 50.5 Å². The summed E-state index contributed by atoms with van der Waals surface area (Å²) in [5.41, 5.74) is 12.0. The monoisotopic (exact) mass is 623 g/mol.